The highest BCUT2D eigenvalue weighted by molar-refractivity contribution is 7.90. The fourth-order valence-electron chi connectivity index (χ4n) is 4.44. The van der Waals surface area contributed by atoms with Crippen molar-refractivity contribution in [3.63, 3.8) is 0 Å². The number of hydrogen-bond acceptors (Lipinski definition) is 7. The van der Waals surface area contributed by atoms with Gasteiger partial charge in [-0.1, -0.05) is 49.2 Å². The number of aromatic nitrogens is 1. The molecule has 3 aromatic rings. The maximum atomic E-state index is 13.3. The van der Waals surface area contributed by atoms with E-state index in [1.165, 1.54) is 55.3 Å². The Morgan fingerprint density at radius 2 is 1.78 bits per heavy atom. The zero-order chi connectivity index (χ0) is 25.7. The summed E-state index contributed by atoms with van der Waals surface area (Å²) in [4.78, 5) is 28.8. The number of carbonyl (C=O) groups is 2. The highest BCUT2D eigenvalue weighted by atomic mass is 32.2. The normalized spacial score (nSPS) is 14.9. The Morgan fingerprint density at radius 3 is 2.39 bits per heavy atom. The number of ether oxygens (including phenoxy) is 1. The van der Waals surface area contributed by atoms with Crippen molar-refractivity contribution >= 4 is 38.2 Å². The van der Waals surface area contributed by atoms with Crippen molar-refractivity contribution in [1.82, 2.24) is 4.98 Å². The molecule has 1 aliphatic carbocycles. The number of carboxylic acids is 1. The molecule has 190 valence electrons. The molecule has 1 heterocycles. The lowest BCUT2D eigenvalue weighted by atomic mass is 9.89. The van der Waals surface area contributed by atoms with Crippen molar-refractivity contribution in [2.75, 3.05) is 11.6 Å². The number of amides is 1. The molecule has 0 saturated heterocycles. The van der Waals surface area contributed by atoms with Crippen LogP contribution in [0.2, 0.25) is 0 Å². The summed E-state index contributed by atoms with van der Waals surface area (Å²) in [6.07, 6.45) is 9.08. The highest BCUT2D eigenvalue weighted by Gasteiger charge is 2.25. The van der Waals surface area contributed by atoms with Gasteiger partial charge in [0.05, 0.1) is 22.6 Å². The molecule has 8 nitrogen and oxygen atoms in total. The average Bonchev–Trinajstić information content (AvgIpc) is 3.51. The minimum Gasteiger partial charge on any atom is -0.478 e. The molecule has 1 amide bonds. The van der Waals surface area contributed by atoms with Gasteiger partial charge in [-0.15, -0.1) is 0 Å². The largest absolute Gasteiger partial charge is 0.478 e. The third kappa shape index (κ3) is 6.70. The molecule has 10 heteroatoms. The molecular formula is C26H28N2O6S2. The fraction of sp³-hybridized carbons (Fsp3) is 0.346. The van der Waals surface area contributed by atoms with Crippen LogP contribution in [0.15, 0.2) is 59.6 Å². The number of carbonyl (C=O) groups excluding carboxylic acids is 1. The van der Waals surface area contributed by atoms with Gasteiger partial charge in [-0.25, -0.2) is 18.2 Å². The van der Waals surface area contributed by atoms with Gasteiger partial charge in [-0.2, -0.15) is 0 Å². The van der Waals surface area contributed by atoms with E-state index in [0.717, 1.165) is 18.2 Å². The molecule has 0 aliphatic heterocycles. The Kier molecular flexibility index (Phi) is 8.05. The number of thiazole rings is 1. The minimum atomic E-state index is -3.32. The van der Waals surface area contributed by atoms with Gasteiger partial charge in [-0.3, -0.25) is 4.79 Å². The Labute approximate surface area is 214 Å². The molecule has 1 saturated carbocycles. The van der Waals surface area contributed by atoms with Crippen molar-refractivity contribution in [3.05, 3.63) is 65.9 Å². The van der Waals surface area contributed by atoms with E-state index in [4.69, 9.17) is 9.84 Å². The van der Waals surface area contributed by atoms with Crippen molar-refractivity contribution < 1.29 is 27.9 Å². The summed E-state index contributed by atoms with van der Waals surface area (Å²) in [6, 6.07) is 12.5. The molecule has 36 heavy (non-hydrogen) atoms. The molecule has 1 aliphatic rings. The van der Waals surface area contributed by atoms with Crippen molar-refractivity contribution in [2.45, 2.75) is 49.3 Å². The highest BCUT2D eigenvalue weighted by Crippen LogP contribution is 2.35. The molecule has 0 bridgehead atoms. The monoisotopic (exact) mass is 528 g/mol. The van der Waals surface area contributed by atoms with Crippen LogP contribution in [-0.2, 0) is 14.6 Å². The minimum absolute atomic E-state index is 0.160. The number of aromatic carboxylic acids is 1. The number of benzene rings is 2. The third-order valence-electron chi connectivity index (χ3n) is 6.40. The maximum Gasteiger partial charge on any atom is 0.335 e. The van der Waals surface area contributed by atoms with Crippen molar-refractivity contribution in [1.29, 1.82) is 0 Å². The summed E-state index contributed by atoms with van der Waals surface area (Å²) in [7, 11) is -3.32. The second kappa shape index (κ2) is 11.2. The van der Waals surface area contributed by atoms with Crippen LogP contribution in [0.1, 0.15) is 60.4 Å². The number of sulfone groups is 1. The molecule has 1 atom stereocenters. The molecule has 2 N–H and O–H groups in total. The van der Waals surface area contributed by atoms with E-state index in [-0.39, 0.29) is 16.4 Å². The van der Waals surface area contributed by atoms with Gasteiger partial charge in [0.1, 0.15) is 5.75 Å². The molecule has 4 rings (SSSR count). The molecule has 2 aromatic carbocycles. The number of anilines is 1. The Balaban J connectivity index is 1.46. The summed E-state index contributed by atoms with van der Waals surface area (Å²) in [6.45, 7) is 0. The van der Waals surface area contributed by atoms with Gasteiger partial charge in [0.15, 0.2) is 15.0 Å². The van der Waals surface area contributed by atoms with Crippen LogP contribution in [0, 0.1) is 5.92 Å². The van der Waals surface area contributed by atoms with Gasteiger partial charge in [0, 0.05) is 6.26 Å². The first kappa shape index (κ1) is 25.8. The lowest BCUT2D eigenvalue weighted by Gasteiger charge is -2.19. The second-order valence-electron chi connectivity index (χ2n) is 9.03. The number of nitrogens with one attached hydrogen (secondary N) is 1. The van der Waals surface area contributed by atoms with E-state index in [2.05, 4.69) is 10.3 Å². The van der Waals surface area contributed by atoms with E-state index in [9.17, 15) is 18.0 Å². The molecular weight excluding hydrogens is 500 g/mol. The van der Waals surface area contributed by atoms with Gasteiger partial charge in [0.2, 0.25) is 11.0 Å². The van der Waals surface area contributed by atoms with E-state index >= 15 is 0 Å². The van der Waals surface area contributed by atoms with Crippen LogP contribution in [0.25, 0.3) is 0 Å². The Morgan fingerprint density at radius 1 is 1.11 bits per heavy atom. The van der Waals surface area contributed by atoms with E-state index < -0.39 is 21.7 Å². The average molecular weight is 529 g/mol. The van der Waals surface area contributed by atoms with Crippen molar-refractivity contribution in [2.24, 2.45) is 5.92 Å². The van der Waals surface area contributed by atoms with Crippen LogP contribution >= 0.6 is 11.3 Å². The van der Waals surface area contributed by atoms with Gasteiger partial charge >= 0.3 is 5.97 Å². The Hall–Kier alpha value is -3.24. The number of carboxylic acid groups (broad SMARTS) is 1. The molecule has 1 aromatic heterocycles. The van der Waals surface area contributed by atoms with Gasteiger partial charge in [0.25, 0.3) is 0 Å². The van der Waals surface area contributed by atoms with E-state index in [1.54, 1.807) is 36.4 Å². The number of nitrogens with zero attached hydrogens (tertiary/aromatic N) is 1. The summed E-state index contributed by atoms with van der Waals surface area (Å²) in [5, 5.41) is 12.7. The summed E-state index contributed by atoms with van der Waals surface area (Å²) in [5.74, 6) is -0.578. The van der Waals surface area contributed by atoms with Crippen LogP contribution in [0.3, 0.4) is 0 Å². The van der Waals surface area contributed by atoms with E-state index in [1.807, 2.05) is 0 Å². The lowest BCUT2D eigenvalue weighted by molar-refractivity contribution is -0.117. The standard InChI is InChI=1S/C26H28N2O6S2/c1-36(32,33)21-13-9-18(10-14-21)22(15-6-17-4-2-3-5-17)24(29)28-26-27-16-23(35-26)34-20-11-7-19(8-12-20)25(30)31/h7-14,16-17,22H,2-6,15H2,1H3,(H,30,31)(H,27,28,29)/t22-/m1/s1. The number of hydrogen-bond donors (Lipinski definition) is 2. The summed E-state index contributed by atoms with van der Waals surface area (Å²) < 4.78 is 29.4. The first-order valence-electron chi connectivity index (χ1n) is 11.8. The summed E-state index contributed by atoms with van der Waals surface area (Å²) >= 11 is 1.17. The maximum absolute atomic E-state index is 13.3. The van der Waals surface area contributed by atoms with Crippen molar-refractivity contribution in [3.8, 4) is 10.8 Å². The summed E-state index contributed by atoms with van der Waals surface area (Å²) in [5.41, 5.74) is 0.928. The zero-order valence-electron chi connectivity index (χ0n) is 19.8. The number of rotatable bonds is 10. The topological polar surface area (TPSA) is 123 Å². The van der Waals surface area contributed by atoms with Crippen LogP contribution < -0.4 is 10.1 Å². The van der Waals surface area contributed by atoms with Crippen LogP contribution in [0.5, 0.6) is 10.8 Å². The lowest BCUT2D eigenvalue weighted by Crippen LogP contribution is -2.22. The Bertz CT molecular complexity index is 1310. The molecule has 0 spiro atoms. The quantitative estimate of drug-likeness (QED) is 0.344. The first-order valence-corrected chi connectivity index (χ1v) is 14.5. The third-order valence-corrected chi connectivity index (χ3v) is 8.32. The zero-order valence-corrected chi connectivity index (χ0v) is 21.5. The van der Waals surface area contributed by atoms with E-state index in [0.29, 0.717) is 28.3 Å². The van der Waals surface area contributed by atoms with Crippen LogP contribution in [-0.4, -0.2) is 36.6 Å². The van der Waals surface area contributed by atoms with Gasteiger partial charge in [-0.05, 0) is 60.7 Å². The van der Waals surface area contributed by atoms with Crippen LogP contribution in [0.4, 0.5) is 5.13 Å². The smallest absolute Gasteiger partial charge is 0.335 e. The predicted molar refractivity (Wildman–Crippen MR) is 138 cm³/mol. The van der Waals surface area contributed by atoms with Gasteiger partial charge < -0.3 is 15.2 Å². The molecule has 1 fully saturated rings. The fourth-order valence-corrected chi connectivity index (χ4v) is 5.76. The molecule has 0 unspecified atom stereocenters. The second-order valence-corrected chi connectivity index (χ2v) is 12.0. The predicted octanol–water partition coefficient (Wildman–Crippen LogP) is 5.73. The first-order chi connectivity index (χ1) is 17.2. The SMILES string of the molecule is CS(=O)(=O)c1ccc([C@@H](CCC2CCCC2)C(=O)Nc2ncc(Oc3ccc(C(=O)O)cc3)s2)cc1. The molecule has 0 radical (unpaired) electrons.